The fourth-order valence-corrected chi connectivity index (χ4v) is 2.04. The van der Waals surface area contributed by atoms with Crippen molar-refractivity contribution in [2.45, 2.75) is 38.8 Å². The van der Waals surface area contributed by atoms with Gasteiger partial charge in [-0.3, -0.25) is 0 Å². The van der Waals surface area contributed by atoms with Crippen LogP contribution in [0.5, 0.6) is 5.75 Å². The van der Waals surface area contributed by atoms with Gasteiger partial charge in [0.15, 0.2) is 0 Å². The van der Waals surface area contributed by atoms with E-state index in [0.717, 1.165) is 18.4 Å². The lowest BCUT2D eigenvalue weighted by molar-refractivity contribution is 0.0498. The predicted octanol–water partition coefficient (Wildman–Crippen LogP) is 2.21. The largest absolute Gasteiger partial charge is 0.495 e. The van der Waals surface area contributed by atoms with Crippen molar-refractivity contribution in [3.05, 3.63) is 29.3 Å². The molecule has 1 rings (SSSR count). The highest BCUT2D eigenvalue weighted by Gasteiger charge is 2.18. The zero-order valence-corrected chi connectivity index (χ0v) is 11.9. The summed E-state index contributed by atoms with van der Waals surface area (Å²) in [4.78, 5) is 0. The zero-order chi connectivity index (χ0) is 14.3. The first-order chi connectivity index (χ1) is 9.02. The van der Waals surface area contributed by atoms with E-state index >= 15 is 0 Å². The monoisotopic (exact) mass is 262 g/mol. The van der Waals surface area contributed by atoms with Gasteiger partial charge in [-0.2, -0.15) is 5.26 Å². The van der Waals surface area contributed by atoms with Gasteiger partial charge in [0.25, 0.3) is 0 Å². The second kappa shape index (κ2) is 7.13. The van der Waals surface area contributed by atoms with Gasteiger partial charge in [-0.05, 0) is 31.0 Å². The molecule has 1 atom stereocenters. The number of rotatable bonds is 7. The third kappa shape index (κ3) is 4.90. The molecule has 0 aliphatic heterocycles. The first-order valence-electron chi connectivity index (χ1n) is 6.52. The first kappa shape index (κ1) is 15.5. The minimum Gasteiger partial charge on any atom is -0.495 e. The number of aliphatic hydroxyl groups is 1. The van der Waals surface area contributed by atoms with Crippen molar-refractivity contribution in [1.82, 2.24) is 5.32 Å². The van der Waals surface area contributed by atoms with E-state index in [1.165, 1.54) is 0 Å². The highest BCUT2D eigenvalue weighted by molar-refractivity contribution is 5.45. The molecule has 104 valence electrons. The Morgan fingerprint density at radius 1 is 1.47 bits per heavy atom. The van der Waals surface area contributed by atoms with E-state index < -0.39 is 5.60 Å². The number of benzene rings is 1. The summed E-state index contributed by atoms with van der Waals surface area (Å²) < 4.78 is 5.16. The van der Waals surface area contributed by atoms with Crippen LogP contribution in [0.2, 0.25) is 0 Å². The van der Waals surface area contributed by atoms with Crippen molar-refractivity contribution in [3.63, 3.8) is 0 Å². The molecule has 0 radical (unpaired) electrons. The fraction of sp³-hybridized carbons (Fsp3) is 0.533. The molecule has 1 aromatic rings. The number of ether oxygens (including phenoxy) is 1. The molecule has 0 saturated heterocycles. The Kier molecular flexibility index (Phi) is 5.81. The molecule has 0 heterocycles. The van der Waals surface area contributed by atoms with Gasteiger partial charge in [0.1, 0.15) is 11.8 Å². The summed E-state index contributed by atoms with van der Waals surface area (Å²) in [5, 5.41) is 22.2. The number of nitrogens with zero attached hydrogens (tertiary/aromatic N) is 1. The third-order valence-corrected chi connectivity index (χ3v) is 3.01. The Bertz CT molecular complexity index is 450. The van der Waals surface area contributed by atoms with Crippen LogP contribution in [0.25, 0.3) is 0 Å². The maximum atomic E-state index is 10.0. The summed E-state index contributed by atoms with van der Waals surface area (Å²) in [6.07, 6.45) is 1.73. The Morgan fingerprint density at radius 2 is 2.21 bits per heavy atom. The lowest BCUT2D eigenvalue weighted by Crippen LogP contribution is -2.37. The van der Waals surface area contributed by atoms with E-state index in [-0.39, 0.29) is 0 Å². The molecule has 2 N–H and O–H groups in total. The van der Waals surface area contributed by atoms with E-state index in [1.807, 2.05) is 19.1 Å². The summed E-state index contributed by atoms with van der Waals surface area (Å²) in [5.41, 5.74) is 0.887. The average Bonchev–Trinajstić information content (AvgIpc) is 2.38. The van der Waals surface area contributed by atoms with E-state index in [9.17, 15) is 5.11 Å². The molecule has 4 heteroatoms. The van der Waals surface area contributed by atoms with Crippen molar-refractivity contribution < 1.29 is 9.84 Å². The minimum absolute atomic E-state index is 0.532. The Balaban J connectivity index is 2.57. The molecule has 4 nitrogen and oxygen atoms in total. The van der Waals surface area contributed by atoms with Crippen LogP contribution in [0.4, 0.5) is 0 Å². The summed E-state index contributed by atoms with van der Waals surface area (Å²) in [6, 6.07) is 7.57. The fourth-order valence-electron chi connectivity index (χ4n) is 2.04. The van der Waals surface area contributed by atoms with Crippen LogP contribution in [0.15, 0.2) is 18.2 Å². The summed E-state index contributed by atoms with van der Waals surface area (Å²) in [7, 11) is 1.55. The normalized spacial score (nSPS) is 13.6. The van der Waals surface area contributed by atoms with E-state index in [0.29, 0.717) is 24.4 Å². The van der Waals surface area contributed by atoms with Gasteiger partial charge in [-0.25, -0.2) is 0 Å². The van der Waals surface area contributed by atoms with Gasteiger partial charge in [0.05, 0.1) is 18.3 Å². The molecular weight excluding hydrogens is 240 g/mol. The standard InChI is InChI=1S/C15H22N2O2/c1-4-7-15(2,18)11-17-10-12-5-6-13(9-16)14(8-12)19-3/h5-6,8,17-18H,4,7,10-11H2,1-3H3. The molecule has 0 saturated carbocycles. The van der Waals surface area contributed by atoms with Gasteiger partial charge < -0.3 is 15.2 Å². The lowest BCUT2D eigenvalue weighted by atomic mass is 10.0. The average molecular weight is 262 g/mol. The molecule has 0 spiro atoms. The molecule has 0 amide bonds. The number of nitrogens with one attached hydrogen (secondary N) is 1. The SMILES string of the molecule is CCCC(C)(O)CNCc1ccc(C#N)c(OC)c1. The molecule has 0 fully saturated rings. The van der Waals surface area contributed by atoms with Crippen LogP contribution in [-0.2, 0) is 6.54 Å². The molecule has 0 aliphatic carbocycles. The van der Waals surface area contributed by atoms with E-state index in [4.69, 9.17) is 10.00 Å². The Labute approximate surface area is 115 Å². The molecular formula is C15H22N2O2. The Morgan fingerprint density at radius 3 is 2.79 bits per heavy atom. The maximum Gasteiger partial charge on any atom is 0.136 e. The van der Waals surface area contributed by atoms with Crippen molar-refractivity contribution in [1.29, 1.82) is 5.26 Å². The number of nitriles is 1. The smallest absolute Gasteiger partial charge is 0.136 e. The van der Waals surface area contributed by atoms with Crippen molar-refractivity contribution >= 4 is 0 Å². The second-order valence-corrected chi connectivity index (χ2v) is 5.00. The van der Waals surface area contributed by atoms with Gasteiger partial charge in [0.2, 0.25) is 0 Å². The van der Waals surface area contributed by atoms with Crippen LogP contribution >= 0.6 is 0 Å². The molecule has 1 aromatic carbocycles. The highest BCUT2D eigenvalue weighted by Crippen LogP contribution is 2.19. The second-order valence-electron chi connectivity index (χ2n) is 5.00. The van der Waals surface area contributed by atoms with Gasteiger partial charge in [-0.1, -0.05) is 19.4 Å². The third-order valence-electron chi connectivity index (χ3n) is 3.01. The molecule has 19 heavy (non-hydrogen) atoms. The number of methoxy groups -OCH3 is 1. The van der Waals surface area contributed by atoms with Crippen LogP contribution in [0, 0.1) is 11.3 Å². The topological polar surface area (TPSA) is 65.3 Å². The summed E-state index contributed by atoms with van der Waals surface area (Å²) in [5.74, 6) is 0.585. The number of hydrogen-bond acceptors (Lipinski definition) is 4. The van der Waals surface area contributed by atoms with Crippen molar-refractivity contribution in [3.8, 4) is 11.8 Å². The summed E-state index contributed by atoms with van der Waals surface area (Å²) in [6.45, 7) is 5.08. The van der Waals surface area contributed by atoms with Gasteiger partial charge in [0, 0.05) is 13.1 Å². The number of hydrogen-bond donors (Lipinski definition) is 2. The quantitative estimate of drug-likeness (QED) is 0.790. The van der Waals surface area contributed by atoms with Gasteiger partial charge >= 0.3 is 0 Å². The Hall–Kier alpha value is -1.57. The van der Waals surface area contributed by atoms with Crippen LogP contribution < -0.4 is 10.1 Å². The lowest BCUT2D eigenvalue weighted by Gasteiger charge is -2.23. The van der Waals surface area contributed by atoms with E-state index in [1.54, 1.807) is 13.2 Å². The molecule has 0 aliphatic rings. The maximum absolute atomic E-state index is 10.0. The van der Waals surface area contributed by atoms with Crippen LogP contribution in [-0.4, -0.2) is 24.4 Å². The first-order valence-corrected chi connectivity index (χ1v) is 6.52. The highest BCUT2D eigenvalue weighted by atomic mass is 16.5. The van der Waals surface area contributed by atoms with Crippen LogP contribution in [0.3, 0.4) is 0 Å². The van der Waals surface area contributed by atoms with Crippen LogP contribution in [0.1, 0.15) is 37.8 Å². The molecule has 1 unspecified atom stereocenters. The van der Waals surface area contributed by atoms with Gasteiger partial charge in [-0.15, -0.1) is 0 Å². The minimum atomic E-state index is -0.675. The zero-order valence-electron chi connectivity index (χ0n) is 11.9. The van der Waals surface area contributed by atoms with Crippen molar-refractivity contribution in [2.24, 2.45) is 0 Å². The predicted molar refractivity (Wildman–Crippen MR) is 74.9 cm³/mol. The molecule has 0 aromatic heterocycles. The molecule has 0 bridgehead atoms. The van der Waals surface area contributed by atoms with E-state index in [2.05, 4.69) is 18.3 Å². The van der Waals surface area contributed by atoms with Crippen molar-refractivity contribution in [2.75, 3.05) is 13.7 Å². The summed E-state index contributed by atoms with van der Waals surface area (Å²) >= 11 is 0.